The first-order valence-electron chi connectivity index (χ1n) is 8.20. The highest BCUT2D eigenvalue weighted by atomic mass is 32.1. The fourth-order valence-electron chi connectivity index (χ4n) is 2.80. The average molecular weight is 364 g/mol. The fraction of sp³-hybridized carbons (Fsp3) is 0.500. The number of carboxylic acids is 1. The summed E-state index contributed by atoms with van der Waals surface area (Å²) in [6.45, 7) is 7.16. The maximum atomic E-state index is 12.6. The first-order chi connectivity index (χ1) is 11.7. The van der Waals surface area contributed by atoms with Gasteiger partial charge in [0.25, 0.3) is 0 Å². The normalized spacial score (nSPS) is 19.7. The molecule has 25 heavy (non-hydrogen) atoms. The minimum absolute atomic E-state index is 0.269. The smallest absolute Gasteiger partial charge is 0.341 e. The van der Waals surface area contributed by atoms with Crippen molar-refractivity contribution in [2.24, 2.45) is 11.8 Å². The highest BCUT2D eigenvalue weighted by Gasteiger charge is 2.31. The van der Waals surface area contributed by atoms with Gasteiger partial charge in [-0.05, 0) is 46.1 Å². The van der Waals surface area contributed by atoms with E-state index in [1.807, 2.05) is 6.92 Å². The van der Waals surface area contributed by atoms with E-state index in [-0.39, 0.29) is 12.5 Å². The lowest BCUT2D eigenvalue weighted by Crippen LogP contribution is -2.41. The number of thiophene rings is 1. The Kier molecular flexibility index (Phi) is 6.00. The van der Waals surface area contributed by atoms with Gasteiger partial charge in [-0.25, -0.2) is 4.79 Å². The van der Waals surface area contributed by atoms with E-state index >= 15 is 0 Å². The van der Waals surface area contributed by atoms with Crippen LogP contribution in [0.4, 0.5) is 5.00 Å². The lowest BCUT2D eigenvalue weighted by atomic mass is 9.82. The SMILES string of the molecule is Cc1sc(NC(=O)[C@H]2CC=CC[C@H]2C(=O)[O-])c(C(=O)OC(C)C)c1C. The minimum atomic E-state index is -1.23. The van der Waals surface area contributed by atoms with Gasteiger partial charge in [-0.2, -0.15) is 0 Å². The lowest BCUT2D eigenvalue weighted by molar-refractivity contribution is -0.313. The van der Waals surface area contributed by atoms with E-state index in [9.17, 15) is 19.5 Å². The van der Waals surface area contributed by atoms with Gasteiger partial charge in [-0.1, -0.05) is 12.2 Å². The predicted octanol–water partition coefficient (Wildman–Crippen LogP) is 2.20. The van der Waals surface area contributed by atoms with Crippen molar-refractivity contribution in [3.63, 3.8) is 0 Å². The minimum Gasteiger partial charge on any atom is -0.550 e. The van der Waals surface area contributed by atoms with Crippen LogP contribution in [0.5, 0.6) is 0 Å². The van der Waals surface area contributed by atoms with Crippen molar-refractivity contribution in [3.8, 4) is 0 Å². The van der Waals surface area contributed by atoms with Crippen LogP contribution in [-0.4, -0.2) is 23.9 Å². The molecule has 0 bridgehead atoms. The molecule has 2 atom stereocenters. The van der Waals surface area contributed by atoms with Gasteiger partial charge < -0.3 is 20.0 Å². The molecule has 0 aromatic carbocycles. The molecule has 1 aromatic heterocycles. The third-order valence-corrected chi connectivity index (χ3v) is 5.36. The van der Waals surface area contributed by atoms with Crippen molar-refractivity contribution in [3.05, 3.63) is 28.2 Å². The number of hydrogen-bond donors (Lipinski definition) is 1. The zero-order chi connectivity index (χ0) is 18.7. The average Bonchev–Trinajstić information content (AvgIpc) is 2.80. The molecule has 0 saturated heterocycles. The Morgan fingerprint density at radius 1 is 1.20 bits per heavy atom. The second-order valence-electron chi connectivity index (χ2n) is 6.41. The van der Waals surface area contributed by atoms with Gasteiger partial charge in [0.1, 0.15) is 5.00 Å². The molecule has 1 aliphatic rings. The molecule has 1 amide bonds. The van der Waals surface area contributed by atoms with E-state index in [1.54, 1.807) is 32.9 Å². The number of aliphatic carboxylic acids is 1. The van der Waals surface area contributed by atoms with E-state index in [0.29, 0.717) is 17.0 Å². The number of nitrogens with one attached hydrogen (secondary N) is 1. The van der Waals surface area contributed by atoms with E-state index in [4.69, 9.17) is 4.74 Å². The molecule has 136 valence electrons. The number of hydrogen-bond acceptors (Lipinski definition) is 6. The van der Waals surface area contributed by atoms with Crippen molar-refractivity contribution in [2.75, 3.05) is 5.32 Å². The third-order valence-electron chi connectivity index (χ3n) is 4.24. The predicted molar refractivity (Wildman–Crippen MR) is 93.3 cm³/mol. The molecule has 0 saturated carbocycles. The Morgan fingerprint density at radius 2 is 1.80 bits per heavy atom. The van der Waals surface area contributed by atoms with Crippen LogP contribution >= 0.6 is 11.3 Å². The number of ether oxygens (including phenoxy) is 1. The highest BCUT2D eigenvalue weighted by molar-refractivity contribution is 7.16. The first-order valence-corrected chi connectivity index (χ1v) is 9.01. The number of carbonyl (C=O) groups excluding carboxylic acids is 3. The molecule has 1 N–H and O–H groups in total. The van der Waals surface area contributed by atoms with Crippen LogP contribution in [0, 0.1) is 25.7 Å². The van der Waals surface area contributed by atoms with Gasteiger partial charge in [-0.15, -0.1) is 11.3 Å². The largest absolute Gasteiger partial charge is 0.550 e. The van der Waals surface area contributed by atoms with Crippen LogP contribution in [0.3, 0.4) is 0 Å². The van der Waals surface area contributed by atoms with Crippen molar-refractivity contribution >= 4 is 34.2 Å². The topological polar surface area (TPSA) is 95.5 Å². The molecule has 0 fully saturated rings. The number of aryl methyl sites for hydroxylation is 1. The summed E-state index contributed by atoms with van der Waals surface area (Å²) in [4.78, 5) is 37.2. The van der Waals surface area contributed by atoms with Crippen molar-refractivity contribution in [2.45, 2.75) is 46.6 Å². The zero-order valence-electron chi connectivity index (χ0n) is 14.8. The van der Waals surface area contributed by atoms with Gasteiger partial charge in [0.05, 0.1) is 17.6 Å². The number of esters is 1. The summed E-state index contributed by atoms with van der Waals surface area (Å²) in [6, 6.07) is 0. The summed E-state index contributed by atoms with van der Waals surface area (Å²) in [6.07, 6.45) is 3.86. The first kappa shape index (κ1) is 19.2. The third kappa shape index (κ3) is 4.28. The number of carboxylic acid groups (broad SMARTS) is 1. The molecule has 1 aliphatic carbocycles. The van der Waals surface area contributed by atoms with Gasteiger partial charge in [-0.3, -0.25) is 4.79 Å². The molecule has 0 unspecified atom stereocenters. The Balaban J connectivity index is 2.26. The van der Waals surface area contributed by atoms with Gasteiger partial charge in [0.15, 0.2) is 0 Å². The van der Waals surface area contributed by atoms with Crippen molar-refractivity contribution in [1.29, 1.82) is 0 Å². The Labute approximate surface area is 150 Å². The molecule has 0 aliphatic heterocycles. The molecule has 2 rings (SSSR count). The molecular weight excluding hydrogens is 342 g/mol. The van der Waals surface area contributed by atoms with Crippen LogP contribution in [0.1, 0.15) is 47.5 Å². The molecule has 0 spiro atoms. The lowest BCUT2D eigenvalue weighted by Gasteiger charge is -2.28. The molecule has 1 aromatic rings. The Morgan fingerprint density at radius 3 is 2.36 bits per heavy atom. The second kappa shape index (κ2) is 7.82. The van der Waals surface area contributed by atoms with Crippen LogP contribution in [-0.2, 0) is 14.3 Å². The molecule has 6 nitrogen and oxygen atoms in total. The number of carbonyl (C=O) groups is 3. The maximum absolute atomic E-state index is 12.6. The second-order valence-corrected chi connectivity index (χ2v) is 7.63. The standard InChI is InChI=1S/C18H23NO5S/c1-9(2)24-18(23)14-10(3)11(4)25-16(14)19-15(20)12-7-5-6-8-13(12)17(21)22/h5-6,9,12-13H,7-8H2,1-4H3,(H,19,20)(H,21,22)/p-1/t12-,13+/m0/s1. The summed E-state index contributed by atoms with van der Waals surface area (Å²) in [5.74, 6) is -3.72. The van der Waals surface area contributed by atoms with E-state index < -0.39 is 29.7 Å². The monoisotopic (exact) mass is 364 g/mol. The van der Waals surface area contributed by atoms with Crippen molar-refractivity contribution < 1.29 is 24.2 Å². The fourth-order valence-corrected chi connectivity index (χ4v) is 3.85. The summed E-state index contributed by atoms with van der Waals surface area (Å²) in [5, 5.41) is 14.4. The molecule has 0 radical (unpaired) electrons. The van der Waals surface area contributed by atoms with E-state index in [0.717, 1.165) is 10.4 Å². The quantitative estimate of drug-likeness (QED) is 0.638. The number of anilines is 1. The van der Waals surface area contributed by atoms with Crippen LogP contribution < -0.4 is 10.4 Å². The number of allylic oxidation sites excluding steroid dienone is 2. The Hall–Kier alpha value is -2.15. The molecule has 7 heteroatoms. The molecule has 1 heterocycles. The highest BCUT2D eigenvalue weighted by Crippen LogP contribution is 2.35. The van der Waals surface area contributed by atoms with Gasteiger partial charge in [0, 0.05) is 16.8 Å². The zero-order valence-corrected chi connectivity index (χ0v) is 15.6. The molecular formula is C18H22NO5S-. The number of rotatable bonds is 5. The van der Waals surface area contributed by atoms with Crippen LogP contribution in [0.25, 0.3) is 0 Å². The summed E-state index contributed by atoms with van der Waals surface area (Å²) in [7, 11) is 0. The van der Waals surface area contributed by atoms with Crippen LogP contribution in [0.2, 0.25) is 0 Å². The van der Waals surface area contributed by atoms with Gasteiger partial charge in [0.2, 0.25) is 5.91 Å². The summed E-state index contributed by atoms with van der Waals surface area (Å²) < 4.78 is 5.26. The van der Waals surface area contributed by atoms with Crippen LogP contribution in [0.15, 0.2) is 12.2 Å². The van der Waals surface area contributed by atoms with Gasteiger partial charge >= 0.3 is 5.97 Å². The maximum Gasteiger partial charge on any atom is 0.341 e. The van der Waals surface area contributed by atoms with E-state index in [2.05, 4.69) is 5.32 Å². The summed E-state index contributed by atoms with van der Waals surface area (Å²) >= 11 is 1.28. The van der Waals surface area contributed by atoms with Crippen molar-refractivity contribution in [1.82, 2.24) is 0 Å². The summed E-state index contributed by atoms with van der Waals surface area (Å²) in [5.41, 5.74) is 1.09. The number of amides is 1. The Bertz CT molecular complexity index is 719. The van der Waals surface area contributed by atoms with E-state index in [1.165, 1.54) is 11.3 Å².